The van der Waals surface area contributed by atoms with E-state index in [1.165, 1.54) is 30.3 Å². The average Bonchev–Trinajstić information content (AvgIpc) is 3.51. The van der Waals surface area contributed by atoms with Crippen LogP contribution in [0.3, 0.4) is 0 Å². The molecule has 0 saturated carbocycles. The van der Waals surface area contributed by atoms with E-state index >= 15 is 0 Å². The van der Waals surface area contributed by atoms with Gasteiger partial charge in [-0.25, -0.2) is 4.79 Å². The van der Waals surface area contributed by atoms with Crippen LogP contribution in [0.25, 0.3) is 16.5 Å². The lowest BCUT2D eigenvalue weighted by molar-refractivity contribution is 0.0696. The Morgan fingerprint density at radius 1 is 1.09 bits per heavy atom. The molecule has 1 N–H and O–H groups in total. The van der Waals surface area contributed by atoms with E-state index in [-0.39, 0.29) is 18.0 Å². The predicted molar refractivity (Wildman–Crippen MR) is 133 cm³/mol. The van der Waals surface area contributed by atoms with Gasteiger partial charge in [0.05, 0.1) is 23.9 Å². The summed E-state index contributed by atoms with van der Waals surface area (Å²) in [5.41, 5.74) is 3.69. The lowest BCUT2D eigenvalue weighted by Gasteiger charge is -2.14. The van der Waals surface area contributed by atoms with E-state index in [1.54, 1.807) is 30.6 Å². The third-order valence-electron chi connectivity index (χ3n) is 5.50. The number of carboxylic acids is 1. The molecule has 0 bridgehead atoms. The number of ketones is 1. The minimum Gasteiger partial charge on any atom is -0.496 e. The number of hydrogen-bond donors (Lipinski definition) is 1. The Labute approximate surface area is 206 Å². The normalized spacial score (nSPS) is 11.1. The summed E-state index contributed by atoms with van der Waals surface area (Å²) in [6.45, 7) is 3.92. The number of aryl methyl sites for hydroxylation is 2. The third-order valence-corrected chi connectivity index (χ3v) is 6.41. The van der Waals surface area contributed by atoms with Crippen molar-refractivity contribution in [3.05, 3.63) is 93.7 Å². The smallest absolute Gasteiger partial charge is 0.335 e. The first-order valence-corrected chi connectivity index (χ1v) is 11.6. The molecule has 4 aromatic rings. The summed E-state index contributed by atoms with van der Waals surface area (Å²) >= 11 is 1.58. The number of carboxylic acid groups (broad SMARTS) is 1. The summed E-state index contributed by atoms with van der Waals surface area (Å²) in [5, 5.41) is 15.0. The summed E-state index contributed by atoms with van der Waals surface area (Å²) in [5.74, 6) is 0.564. The first-order valence-electron chi connectivity index (χ1n) is 10.7. The van der Waals surface area contributed by atoms with Crippen LogP contribution in [-0.2, 0) is 6.61 Å². The molecule has 35 heavy (non-hydrogen) atoms. The first kappa shape index (κ1) is 24.0. The molecule has 2 aromatic heterocycles. The van der Waals surface area contributed by atoms with E-state index in [0.29, 0.717) is 28.4 Å². The fourth-order valence-electron chi connectivity index (χ4n) is 3.52. The Balaban J connectivity index is 1.68. The van der Waals surface area contributed by atoms with Gasteiger partial charge < -0.3 is 19.1 Å². The highest BCUT2D eigenvalue weighted by molar-refractivity contribution is 7.13. The van der Waals surface area contributed by atoms with E-state index in [1.807, 2.05) is 37.4 Å². The second kappa shape index (κ2) is 10.4. The van der Waals surface area contributed by atoms with Crippen molar-refractivity contribution in [3.63, 3.8) is 0 Å². The molecular weight excluding hydrogens is 466 g/mol. The fraction of sp³-hybridized carbons (Fsp3) is 0.148. The van der Waals surface area contributed by atoms with Gasteiger partial charge in [-0.05, 0) is 55.6 Å². The van der Waals surface area contributed by atoms with Crippen LogP contribution in [0.4, 0.5) is 0 Å². The number of benzene rings is 2. The van der Waals surface area contributed by atoms with Crippen molar-refractivity contribution in [2.24, 2.45) is 0 Å². The number of methoxy groups -OCH3 is 1. The SMILES string of the molecule is COc1cc(OCc2c(C)noc2C)c(/C=C/C(=O)c2ccc(C(=O)O)cc2)cc1-c1cccs1. The van der Waals surface area contributed by atoms with Gasteiger partial charge in [-0.3, -0.25) is 4.79 Å². The molecule has 178 valence electrons. The Morgan fingerprint density at radius 3 is 2.43 bits per heavy atom. The molecule has 0 aliphatic carbocycles. The van der Waals surface area contributed by atoms with Crippen LogP contribution < -0.4 is 9.47 Å². The molecule has 8 heteroatoms. The number of aromatic nitrogens is 1. The van der Waals surface area contributed by atoms with Gasteiger partial charge in [0.2, 0.25) is 0 Å². The van der Waals surface area contributed by atoms with Crippen LogP contribution in [0.5, 0.6) is 11.5 Å². The molecule has 0 aliphatic heterocycles. The summed E-state index contributed by atoms with van der Waals surface area (Å²) in [6, 6.07) is 13.5. The number of thiophene rings is 1. The molecule has 0 aliphatic rings. The maximum absolute atomic E-state index is 12.8. The molecular formula is C27H23NO6S. The van der Waals surface area contributed by atoms with Gasteiger partial charge in [0, 0.05) is 27.6 Å². The highest BCUT2D eigenvalue weighted by Crippen LogP contribution is 2.39. The van der Waals surface area contributed by atoms with Crippen LogP contribution in [0.1, 0.15) is 43.3 Å². The monoisotopic (exact) mass is 489 g/mol. The summed E-state index contributed by atoms with van der Waals surface area (Å²) in [6.07, 6.45) is 3.13. The second-order valence-corrected chi connectivity index (χ2v) is 8.69. The maximum atomic E-state index is 12.8. The summed E-state index contributed by atoms with van der Waals surface area (Å²) < 4.78 is 17.0. The standard InChI is InChI=1S/C27H23NO6S/c1-16-22(17(2)34-28-16)15-33-24-14-25(32-3)21(26-5-4-12-35-26)13-20(24)10-11-23(29)18-6-8-19(9-7-18)27(30)31/h4-14H,15H2,1-3H3,(H,30,31)/b11-10+. The number of hydrogen-bond acceptors (Lipinski definition) is 7. The number of nitrogens with zero attached hydrogens (tertiary/aromatic N) is 1. The maximum Gasteiger partial charge on any atom is 0.335 e. The zero-order chi connectivity index (χ0) is 24.9. The summed E-state index contributed by atoms with van der Waals surface area (Å²) in [7, 11) is 1.60. The number of rotatable bonds is 9. The molecule has 0 atom stereocenters. The zero-order valence-corrected chi connectivity index (χ0v) is 20.2. The highest BCUT2D eigenvalue weighted by Gasteiger charge is 2.16. The van der Waals surface area contributed by atoms with Crippen molar-refractivity contribution < 1.29 is 28.7 Å². The van der Waals surface area contributed by atoms with E-state index in [9.17, 15) is 9.59 Å². The lowest BCUT2D eigenvalue weighted by Crippen LogP contribution is -2.01. The van der Waals surface area contributed by atoms with Gasteiger partial charge in [0.15, 0.2) is 5.78 Å². The molecule has 0 spiro atoms. The van der Waals surface area contributed by atoms with Crippen molar-refractivity contribution in [1.29, 1.82) is 0 Å². The predicted octanol–water partition coefficient (Wildman–Crippen LogP) is 6.20. The Kier molecular flexibility index (Phi) is 7.12. The average molecular weight is 490 g/mol. The van der Waals surface area contributed by atoms with E-state index in [4.69, 9.17) is 19.1 Å². The van der Waals surface area contributed by atoms with E-state index in [2.05, 4.69) is 5.16 Å². The largest absolute Gasteiger partial charge is 0.496 e. The third kappa shape index (κ3) is 5.33. The quantitative estimate of drug-likeness (QED) is 0.221. The van der Waals surface area contributed by atoms with E-state index in [0.717, 1.165) is 21.7 Å². The lowest BCUT2D eigenvalue weighted by atomic mass is 10.0. The zero-order valence-electron chi connectivity index (χ0n) is 19.4. The van der Waals surface area contributed by atoms with Gasteiger partial charge >= 0.3 is 5.97 Å². The molecule has 2 aromatic carbocycles. The molecule has 0 radical (unpaired) electrons. The number of aromatic carboxylic acids is 1. The van der Waals surface area contributed by atoms with Crippen LogP contribution in [0.2, 0.25) is 0 Å². The molecule has 0 unspecified atom stereocenters. The Hall–Kier alpha value is -4.17. The van der Waals surface area contributed by atoms with Gasteiger partial charge in [-0.2, -0.15) is 0 Å². The van der Waals surface area contributed by atoms with Crippen LogP contribution >= 0.6 is 11.3 Å². The van der Waals surface area contributed by atoms with Gasteiger partial charge in [0.1, 0.15) is 23.9 Å². The van der Waals surface area contributed by atoms with Gasteiger partial charge in [-0.15, -0.1) is 11.3 Å². The second-order valence-electron chi connectivity index (χ2n) is 7.74. The molecule has 0 saturated heterocycles. The Morgan fingerprint density at radius 2 is 1.83 bits per heavy atom. The minimum atomic E-state index is -1.04. The number of carbonyl (C=O) groups excluding carboxylic acids is 1. The molecule has 2 heterocycles. The van der Waals surface area contributed by atoms with Crippen LogP contribution in [0, 0.1) is 13.8 Å². The van der Waals surface area contributed by atoms with Crippen molar-refractivity contribution in [2.45, 2.75) is 20.5 Å². The molecule has 7 nitrogen and oxygen atoms in total. The van der Waals surface area contributed by atoms with Crippen molar-refractivity contribution >= 4 is 29.2 Å². The van der Waals surface area contributed by atoms with Gasteiger partial charge in [-0.1, -0.05) is 23.4 Å². The van der Waals surface area contributed by atoms with Crippen LogP contribution in [-0.4, -0.2) is 29.1 Å². The highest BCUT2D eigenvalue weighted by atomic mass is 32.1. The number of carbonyl (C=O) groups is 2. The number of ether oxygens (including phenoxy) is 2. The first-order chi connectivity index (χ1) is 16.9. The van der Waals surface area contributed by atoms with Crippen molar-refractivity contribution in [1.82, 2.24) is 5.16 Å². The van der Waals surface area contributed by atoms with Gasteiger partial charge in [0.25, 0.3) is 0 Å². The minimum absolute atomic E-state index is 0.122. The van der Waals surface area contributed by atoms with Crippen LogP contribution in [0.15, 0.2) is 64.5 Å². The Bertz CT molecular complexity index is 1360. The van der Waals surface area contributed by atoms with Crippen molar-refractivity contribution in [2.75, 3.05) is 7.11 Å². The fourth-order valence-corrected chi connectivity index (χ4v) is 4.27. The molecule has 0 fully saturated rings. The topological polar surface area (TPSA) is 98.9 Å². The molecule has 0 amide bonds. The van der Waals surface area contributed by atoms with E-state index < -0.39 is 5.97 Å². The summed E-state index contributed by atoms with van der Waals surface area (Å²) in [4.78, 5) is 24.8. The van der Waals surface area contributed by atoms with Crippen molar-refractivity contribution in [3.8, 4) is 21.9 Å². The number of allylic oxidation sites excluding steroid dienone is 1. The molecule has 4 rings (SSSR count).